The van der Waals surface area contributed by atoms with Gasteiger partial charge in [0.1, 0.15) is 0 Å². The van der Waals surface area contributed by atoms with E-state index in [4.69, 9.17) is 0 Å². The van der Waals surface area contributed by atoms with Gasteiger partial charge in [-0.15, -0.1) is 11.3 Å². The number of benzene rings is 1. The van der Waals surface area contributed by atoms with E-state index in [0.717, 1.165) is 17.0 Å². The topological polar surface area (TPSA) is 30.0 Å². The largest absolute Gasteiger partial charge is 0.294 e. The van der Waals surface area contributed by atoms with Crippen molar-refractivity contribution in [3.05, 3.63) is 52.5 Å². The molecule has 0 aliphatic carbocycles. The molecular weight excluding hydrogens is 218 g/mol. The molecule has 0 saturated heterocycles. The van der Waals surface area contributed by atoms with Gasteiger partial charge in [-0.05, 0) is 0 Å². The lowest BCUT2D eigenvalue weighted by molar-refractivity contribution is 0.0929. The Balaban J connectivity index is 2.05. The maximum Gasteiger partial charge on any atom is 0.166 e. The molecule has 1 atom stereocenters. The molecule has 2 rings (SSSR count). The third-order valence-corrected chi connectivity index (χ3v) is 3.27. The monoisotopic (exact) mass is 231 g/mol. The second kappa shape index (κ2) is 5.03. The average Bonchev–Trinajstić information content (AvgIpc) is 2.82. The van der Waals surface area contributed by atoms with Crippen molar-refractivity contribution in [1.29, 1.82) is 0 Å². The van der Waals surface area contributed by atoms with Gasteiger partial charge in [0.15, 0.2) is 5.78 Å². The molecular formula is C13H13NOS. The first-order valence-electron chi connectivity index (χ1n) is 5.25. The van der Waals surface area contributed by atoms with E-state index < -0.39 is 0 Å². The van der Waals surface area contributed by atoms with Crippen molar-refractivity contribution in [2.75, 3.05) is 0 Å². The van der Waals surface area contributed by atoms with Crippen LogP contribution in [-0.4, -0.2) is 10.8 Å². The van der Waals surface area contributed by atoms with Gasteiger partial charge in [-0.25, -0.2) is 4.98 Å². The molecule has 3 heteroatoms. The maximum atomic E-state index is 12.0. The van der Waals surface area contributed by atoms with E-state index in [9.17, 15) is 4.79 Å². The first-order valence-corrected chi connectivity index (χ1v) is 6.13. The van der Waals surface area contributed by atoms with E-state index in [-0.39, 0.29) is 11.7 Å². The van der Waals surface area contributed by atoms with Crippen LogP contribution in [-0.2, 0) is 6.42 Å². The van der Waals surface area contributed by atoms with Crippen LogP contribution in [0.5, 0.6) is 0 Å². The lowest BCUT2D eigenvalue weighted by atomic mass is 9.97. The Kier molecular flexibility index (Phi) is 3.47. The number of ketones is 1. The summed E-state index contributed by atoms with van der Waals surface area (Å²) in [5, 5.41) is 2.96. The second-order valence-corrected chi connectivity index (χ2v) is 4.74. The molecule has 0 N–H and O–H groups in total. The van der Waals surface area contributed by atoms with Crippen LogP contribution in [0, 0.1) is 5.92 Å². The Morgan fingerprint density at radius 2 is 2.12 bits per heavy atom. The number of nitrogens with zero attached hydrogens (tertiary/aromatic N) is 1. The smallest absolute Gasteiger partial charge is 0.166 e. The van der Waals surface area contributed by atoms with Gasteiger partial charge in [0, 0.05) is 29.5 Å². The highest BCUT2D eigenvalue weighted by atomic mass is 32.1. The molecule has 0 aliphatic heterocycles. The summed E-state index contributed by atoms with van der Waals surface area (Å²) in [4.78, 5) is 16.2. The van der Waals surface area contributed by atoms with Gasteiger partial charge >= 0.3 is 0 Å². The lowest BCUT2D eigenvalue weighted by Gasteiger charge is -2.08. The third-order valence-electron chi connectivity index (χ3n) is 2.47. The van der Waals surface area contributed by atoms with E-state index in [1.165, 1.54) is 0 Å². The number of aromatic nitrogens is 1. The molecule has 0 aliphatic rings. The van der Waals surface area contributed by atoms with Crippen LogP contribution in [0.25, 0.3) is 0 Å². The fourth-order valence-electron chi connectivity index (χ4n) is 1.60. The fourth-order valence-corrected chi connectivity index (χ4v) is 2.34. The van der Waals surface area contributed by atoms with Crippen LogP contribution >= 0.6 is 11.3 Å². The summed E-state index contributed by atoms with van der Waals surface area (Å²) >= 11 is 1.60. The first-order chi connectivity index (χ1) is 7.77. The van der Waals surface area contributed by atoms with E-state index >= 15 is 0 Å². The first kappa shape index (κ1) is 11.0. The average molecular weight is 231 g/mol. The van der Waals surface area contributed by atoms with Crippen molar-refractivity contribution in [2.45, 2.75) is 13.3 Å². The number of carbonyl (C=O) groups is 1. The highest BCUT2D eigenvalue weighted by Gasteiger charge is 2.16. The van der Waals surface area contributed by atoms with Crippen molar-refractivity contribution in [2.24, 2.45) is 5.92 Å². The van der Waals surface area contributed by atoms with Crippen LogP contribution in [0.1, 0.15) is 22.3 Å². The van der Waals surface area contributed by atoms with Gasteiger partial charge in [-0.1, -0.05) is 37.3 Å². The number of hydrogen-bond acceptors (Lipinski definition) is 3. The minimum absolute atomic E-state index is 0.00597. The Morgan fingerprint density at radius 1 is 1.38 bits per heavy atom. The molecule has 1 unspecified atom stereocenters. The van der Waals surface area contributed by atoms with Crippen LogP contribution in [0.4, 0.5) is 0 Å². The van der Waals surface area contributed by atoms with Crippen LogP contribution in [0.3, 0.4) is 0 Å². The summed E-state index contributed by atoms with van der Waals surface area (Å²) in [6.45, 7) is 1.96. The predicted octanol–water partition coefficient (Wildman–Crippen LogP) is 3.20. The standard InChI is InChI=1S/C13H13NOS/c1-10(9-12-14-7-8-16-12)13(15)11-5-3-2-4-6-11/h2-8,10H,9H2,1H3. The van der Waals surface area contributed by atoms with Crippen molar-refractivity contribution < 1.29 is 4.79 Å². The number of thiazole rings is 1. The zero-order valence-corrected chi connectivity index (χ0v) is 9.91. The molecule has 0 amide bonds. The zero-order valence-electron chi connectivity index (χ0n) is 9.09. The van der Waals surface area contributed by atoms with Gasteiger partial charge in [-0.3, -0.25) is 4.79 Å². The minimum Gasteiger partial charge on any atom is -0.294 e. The van der Waals surface area contributed by atoms with Crippen molar-refractivity contribution in [3.8, 4) is 0 Å². The molecule has 0 bridgehead atoms. The highest BCUT2D eigenvalue weighted by Crippen LogP contribution is 2.15. The molecule has 1 aromatic heterocycles. The van der Waals surface area contributed by atoms with E-state index in [1.807, 2.05) is 42.6 Å². The van der Waals surface area contributed by atoms with Gasteiger partial charge in [-0.2, -0.15) is 0 Å². The third kappa shape index (κ3) is 2.55. The Morgan fingerprint density at radius 3 is 2.75 bits per heavy atom. The molecule has 2 nitrogen and oxygen atoms in total. The molecule has 16 heavy (non-hydrogen) atoms. The minimum atomic E-state index is -0.00597. The zero-order chi connectivity index (χ0) is 11.4. The molecule has 1 aromatic carbocycles. The van der Waals surface area contributed by atoms with Crippen LogP contribution in [0.15, 0.2) is 41.9 Å². The van der Waals surface area contributed by atoms with Gasteiger partial charge in [0.05, 0.1) is 5.01 Å². The van der Waals surface area contributed by atoms with Gasteiger partial charge in [0.25, 0.3) is 0 Å². The summed E-state index contributed by atoms with van der Waals surface area (Å²) < 4.78 is 0. The van der Waals surface area contributed by atoms with E-state index in [2.05, 4.69) is 4.98 Å². The molecule has 0 spiro atoms. The number of Topliss-reactive ketones (excluding diaryl/α,β-unsaturated/α-hetero) is 1. The van der Waals surface area contributed by atoms with E-state index in [0.29, 0.717) is 0 Å². The Hall–Kier alpha value is -1.48. The fraction of sp³-hybridized carbons (Fsp3) is 0.231. The number of carbonyl (C=O) groups excluding carboxylic acids is 1. The summed E-state index contributed by atoms with van der Waals surface area (Å²) in [6, 6.07) is 9.43. The number of hydrogen-bond donors (Lipinski definition) is 0. The summed E-state index contributed by atoms with van der Waals surface area (Å²) in [7, 11) is 0. The maximum absolute atomic E-state index is 12.0. The summed E-state index contributed by atoms with van der Waals surface area (Å²) in [5.41, 5.74) is 0.784. The molecule has 0 saturated carbocycles. The summed E-state index contributed by atoms with van der Waals surface area (Å²) in [5.74, 6) is 0.185. The van der Waals surface area contributed by atoms with Crippen LogP contribution in [0.2, 0.25) is 0 Å². The van der Waals surface area contributed by atoms with Gasteiger partial charge < -0.3 is 0 Å². The molecule has 0 radical (unpaired) electrons. The van der Waals surface area contributed by atoms with Crippen molar-refractivity contribution in [1.82, 2.24) is 4.98 Å². The summed E-state index contributed by atoms with van der Waals surface area (Å²) in [6.07, 6.45) is 2.51. The molecule has 0 fully saturated rings. The quantitative estimate of drug-likeness (QED) is 0.756. The molecule has 82 valence electrons. The Labute approximate surface area is 99.0 Å². The van der Waals surface area contributed by atoms with Crippen LogP contribution < -0.4 is 0 Å². The van der Waals surface area contributed by atoms with E-state index in [1.54, 1.807) is 17.5 Å². The van der Waals surface area contributed by atoms with Crippen molar-refractivity contribution in [3.63, 3.8) is 0 Å². The SMILES string of the molecule is CC(Cc1nccs1)C(=O)c1ccccc1. The second-order valence-electron chi connectivity index (χ2n) is 3.76. The van der Waals surface area contributed by atoms with Crippen molar-refractivity contribution >= 4 is 17.1 Å². The van der Waals surface area contributed by atoms with Gasteiger partial charge in [0.2, 0.25) is 0 Å². The molecule has 1 heterocycles. The lowest BCUT2D eigenvalue weighted by Crippen LogP contribution is -2.13. The normalized spacial score (nSPS) is 12.3. The number of rotatable bonds is 4. The highest BCUT2D eigenvalue weighted by molar-refractivity contribution is 7.09. The Bertz CT molecular complexity index is 450. The predicted molar refractivity (Wildman–Crippen MR) is 65.8 cm³/mol. The molecule has 2 aromatic rings.